The first-order valence-electron chi connectivity index (χ1n) is 17.6. The lowest BCUT2D eigenvalue weighted by Gasteiger charge is -2.32. The van der Waals surface area contributed by atoms with Gasteiger partial charge in [-0.2, -0.15) is 0 Å². The lowest BCUT2D eigenvalue weighted by molar-refractivity contribution is -0.136. The molecule has 1 aromatic heterocycles. The highest BCUT2D eigenvalue weighted by Crippen LogP contribution is 2.30. The Balaban J connectivity index is 1.23. The van der Waals surface area contributed by atoms with E-state index in [2.05, 4.69) is 31.6 Å². The van der Waals surface area contributed by atoms with Crippen LogP contribution >= 0.6 is 0 Å². The normalized spacial score (nSPS) is 20.2. The number of H-pyrrole nitrogens is 1. The first-order valence-corrected chi connectivity index (χ1v) is 17.6. The number of benzene rings is 3. The van der Waals surface area contributed by atoms with Crippen LogP contribution in [0.3, 0.4) is 0 Å². The number of amides is 5. The minimum Gasteiger partial charge on any atom is -0.493 e. The van der Waals surface area contributed by atoms with Crippen LogP contribution in [0.5, 0.6) is 5.75 Å². The molecule has 2 heterocycles. The van der Waals surface area contributed by atoms with Crippen LogP contribution in [0.1, 0.15) is 60.0 Å². The van der Waals surface area contributed by atoms with Crippen molar-refractivity contribution in [2.45, 2.75) is 69.0 Å². The maximum atomic E-state index is 14.0. The zero-order valence-electron chi connectivity index (χ0n) is 28.5. The van der Waals surface area contributed by atoms with Gasteiger partial charge in [0.2, 0.25) is 23.6 Å². The highest BCUT2D eigenvalue weighted by Gasteiger charge is 2.44. The fraction of sp³-hybridized carbons (Fsp3) is 0.359. The molecule has 2 atom stereocenters. The number of rotatable bonds is 6. The predicted molar refractivity (Wildman–Crippen MR) is 192 cm³/mol. The van der Waals surface area contributed by atoms with Gasteiger partial charge in [-0.1, -0.05) is 73.5 Å². The number of aromatic nitrogens is 1. The van der Waals surface area contributed by atoms with Crippen LogP contribution < -0.4 is 31.3 Å². The van der Waals surface area contributed by atoms with Crippen LogP contribution in [0.2, 0.25) is 0 Å². The van der Waals surface area contributed by atoms with Crippen LogP contribution in [0.4, 0.5) is 0 Å². The second-order valence-electron chi connectivity index (χ2n) is 13.2. The summed E-state index contributed by atoms with van der Waals surface area (Å²) >= 11 is 0. The molecule has 1 fully saturated rings. The van der Waals surface area contributed by atoms with Gasteiger partial charge in [-0.3, -0.25) is 24.0 Å². The molecule has 0 bridgehead atoms. The molecule has 266 valence electrons. The van der Waals surface area contributed by atoms with Crippen molar-refractivity contribution in [2.75, 3.05) is 19.7 Å². The summed E-state index contributed by atoms with van der Waals surface area (Å²) in [7, 11) is 0. The zero-order chi connectivity index (χ0) is 35.6. The smallest absolute Gasteiger partial charge is 0.255 e. The third kappa shape index (κ3) is 8.75. The zero-order valence-corrected chi connectivity index (χ0v) is 28.5. The summed E-state index contributed by atoms with van der Waals surface area (Å²) in [5.41, 5.74) is 1.83. The van der Waals surface area contributed by atoms with Crippen LogP contribution in [-0.4, -0.2) is 71.8 Å². The molecule has 3 aromatic carbocycles. The molecule has 6 N–H and O–H groups in total. The van der Waals surface area contributed by atoms with Crippen LogP contribution in [-0.2, 0) is 32.0 Å². The quantitative estimate of drug-likeness (QED) is 0.182. The number of nitrogens with one attached hydrogen (secondary N) is 6. The number of hydrogen-bond donors (Lipinski definition) is 6. The summed E-state index contributed by atoms with van der Waals surface area (Å²) in [6.45, 7) is 0.742. The second-order valence-corrected chi connectivity index (χ2v) is 13.2. The Morgan fingerprint density at radius 2 is 1.61 bits per heavy atom. The number of aromatic amines is 1. The molecule has 0 radical (unpaired) electrons. The first kappa shape index (κ1) is 35.2. The molecule has 0 saturated heterocycles. The van der Waals surface area contributed by atoms with Gasteiger partial charge in [0, 0.05) is 36.6 Å². The van der Waals surface area contributed by atoms with E-state index in [0.717, 1.165) is 22.0 Å². The minimum absolute atomic E-state index is 0.198. The average molecular weight is 693 g/mol. The molecule has 51 heavy (non-hydrogen) atoms. The van der Waals surface area contributed by atoms with E-state index >= 15 is 0 Å². The molecular weight excluding hydrogens is 648 g/mol. The summed E-state index contributed by atoms with van der Waals surface area (Å²) < 4.78 is 5.94. The van der Waals surface area contributed by atoms with Gasteiger partial charge in [0.25, 0.3) is 5.91 Å². The Morgan fingerprint density at radius 1 is 0.863 bits per heavy atom. The van der Waals surface area contributed by atoms with Gasteiger partial charge >= 0.3 is 0 Å². The lowest BCUT2D eigenvalue weighted by atomic mass is 9.94. The van der Waals surface area contributed by atoms with E-state index < -0.39 is 47.7 Å². The van der Waals surface area contributed by atoms with Crippen LogP contribution in [0, 0.1) is 0 Å². The fourth-order valence-corrected chi connectivity index (χ4v) is 6.84. The molecule has 1 aliphatic heterocycles. The van der Waals surface area contributed by atoms with Crippen molar-refractivity contribution in [3.8, 4) is 5.75 Å². The topological polar surface area (TPSA) is 171 Å². The molecule has 12 heteroatoms. The van der Waals surface area contributed by atoms with Crippen molar-refractivity contribution in [2.24, 2.45) is 0 Å². The molecule has 6 rings (SSSR count). The summed E-state index contributed by atoms with van der Waals surface area (Å²) in [4.78, 5) is 71.8. The van der Waals surface area contributed by atoms with Gasteiger partial charge in [-0.15, -0.1) is 0 Å². The van der Waals surface area contributed by atoms with Crippen molar-refractivity contribution < 1.29 is 28.7 Å². The van der Waals surface area contributed by atoms with Gasteiger partial charge in [-0.05, 0) is 55.0 Å². The van der Waals surface area contributed by atoms with E-state index in [0.29, 0.717) is 44.3 Å². The van der Waals surface area contributed by atoms with Gasteiger partial charge in [0.05, 0.1) is 18.6 Å². The summed E-state index contributed by atoms with van der Waals surface area (Å²) in [6.07, 6.45) is 4.89. The van der Waals surface area contributed by atoms with Crippen molar-refractivity contribution in [3.05, 3.63) is 102 Å². The summed E-state index contributed by atoms with van der Waals surface area (Å²) in [5, 5.41) is 15.5. The van der Waals surface area contributed by atoms with E-state index in [9.17, 15) is 24.0 Å². The van der Waals surface area contributed by atoms with E-state index in [-0.39, 0.29) is 37.6 Å². The molecule has 1 saturated carbocycles. The van der Waals surface area contributed by atoms with Gasteiger partial charge in [0.1, 0.15) is 23.4 Å². The predicted octanol–water partition coefficient (Wildman–Crippen LogP) is 3.07. The number of para-hydroxylation sites is 2. The molecule has 2 aliphatic rings. The summed E-state index contributed by atoms with van der Waals surface area (Å²) in [5.74, 6) is -2.18. The molecule has 0 unspecified atom stereocenters. The molecule has 1 spiro atoms. The highest BCUT2D eigenvalue weighted by molar-refractivity contribution is 6.01. The Labute approximate surface area is 296 Å². The molecule has 4 aromatic rings. The Hall–Kier alpha value is -5.65. The SMILES string of the molecule is O=C1C[C@@H](C(=O)NCCc2c[nH]c3ccccc23)NC(=O)c2ccccc2OCCCNC(=O)[C@H](Cc2ccccc2)NC(=O)C2(CCCC2)N1. The van der Waals surface area contributed by atoms with Crippen LogP contribution in [0.25, 0.3) is 10.9 Å². The Kier molecular flexibility index (Phi) is 11.3. The number of ether oxygens (including phenoxy) is 1. The van der Waals surface area contributed by atoms with E-state index in [4.69, 9.17) is 4.74 Å². The largest absolute Gasteiger partial charge is 0.493 e. The maximum Gasteiger partial charge on any atom is 0.255 e. The van der Waals surface area contributed by atoms with Gasteiger partial charge in [-0.25, -0.2) is 0 Å². The number of carbonyl (C=O) groups is 5. The standard InChI is InChI=1S/C39H44N6O6/c46-34-24-32(37(49)41-21-17-27-25-42-30-15-6-4-13-28(27)30)43-35(47)29-14-5-7-16-33(29)51-22-10-20-40-36(48)31(23-26-11-2-1-3-12-26)44-38(50)39(45-34)18-8-9-19-39/h1-7,11-16,25,31-32,42H,8-10,17-24H2,(H,40,48)(H,41,49)(H,43,47)(H,44,50)(H,45,46)/t31-,32-/m0/s1. The average Bonchev–Trinajstić information content (AvgIpc) is 3.79. The highest BCUT2D eigenvalue weighted by atomic mass is 16.5. The maximum absolute atomic E-state index is 14.0. The molecule has 5 amide bonds. The third-order valence-electron chi connectivity index (χ3n) is 9.56. The number of carbonyl (C=O) groups excluding carboxylic acids is 5. The molecular formula is C39H44N6O6. The Bertz CT molecular complexity index is 1870. The van der Waals surface area contributed by atoms with E-state index in [1.54, 1.807) is 24.3 Å². The number of hydrogen-bond acceptors (Lipinski definition) is 6. The van der Waals surface area contributed by atoms with Crippen molar-refractivity contribution in [1.29, 1.82) is 0 Å². The van der Waals surface area contributed by atoms with Gasteiger partial charge < -0.3 is 36.3 Å². The van der Waals surface area contributed by atoms with E-state index in [1.807, 2.05) is 60.8 Å². The number of fused-ring (bicyclic) bond motifs is 2. The molecule has 12 nitrogen and oxygen atoms in total. The van der Waals surface area contributed by atoms with Crippen molar-refractivity contribution in [1.82, 2.24) is 31.6 Å². The fourth-order valence-electron chi connectivity index (χ4n) is 6.84. The monoisotopic (exact) mass is 692 g/mol. The Morgan fingerprint density at radius 3 is 2.43 bits per heavy atom. The first-order chi connectivity index (χ1) is 24.8. The third-order valence-corrected chi connectivity index (χ3v) is 9.56. The van der Waals surface area contributed by atoms with Crippen LogP contribution in [0.15, 0.2) is 85.1 Å². The lowest BCUT2D eigenvalue weighted by Crippen LogP contribution is -2.62. The van der Waals surface area contributed by atoms with Crippen molar-refractivity contribution >= 4 is 40.4 Å². The van der Waals surface area contributed by atoms with Gasteiger partial charge in [0.15, 0.2) is 0 Å². The van der Waals surface area contributed by atoms with Crippen molar-refractivity contribution in [3.63, 3.8) is 0 Å². The van der Waals surface area contributed by atoms with E-state index in [1.165, 1.54) is 0 Å². The summed E-state index contributed by atoms with van der Waals surface area (Å²) in [6, 6.07) is 21.8. The molecule has 1 aliphatic carbocycles. The second kappa shape index (κ2) is 16.4. The minimum atomic E-state index is -1.27.